The van der Waals surface area contributed by atoms with E-state index in [9.17, 15) is 4.39 Å². The smallest absolute Gasteiger partial charge is 0.195 e. The highest BCUT2D eigenvalue weighted by Crippen LogP contribution is 2.27. The van der Waals surface area contributed by atoms with Gasteiger partial charge in [-0.15, -0.1) is 10.2 Å². The Morgan fingerprint density at radius 3 is 2.96 bits per heavy atom. The quantitative estimate of drug-likeness (QED) is 0.821. The Morgan fingerprint density at radius 2 is 2.22 bits per heavy atom. The Labute approximate surface area is 139 Å². The highest BCUT2D eigenvalue weighted by molar-refractivity contribution is 7.99. The average Bonchev–Trinajstić information content (AvgIpc) is 2.97. The molecule has 2 heterocycles. The molecule has 3 rings (SSSR count). The number of ether oxygens (including phenoxy) is 1. The summed E-state index contributed by atoms with van der Waals surface area (Å²) in [6, 6.07) is 6.68. The molecule has 5 nitrogen and oxygen atoms in total. The number of nitrogens with zero attached hydrogens (tertiary/aromatic N) is 3. The first kappa shape index (κ1) is 16.4. The van der Waals surface area contributed by atoms with Crippen molar-refractivity contribution in [2.24, 2.45) is 11.7 Å². The summed E-state index contributed by atoms with van der Waals surface area (Å²) < 4.78 is 21.5. The summed E-state index contributed by atoms with van der Waals surface area (Å²) >= 11 is 1.61. The fourth-order valence-electron chi connectivity index (χ4n) is 2.69. The first-order valence-electron chi connectivity index (χ1n) is 7.89. The van der Waals surface area contributed by atoms with Crippen LogP contribution in [0.2, 0.25) is 0 Å². The predicted molar refractivity (Wildman–Crippen MR) is 88.3 cm³/mol. The van der Waals surface area contributed by atoms with E-state index >= 15 is 0 Å². The minimum Gasteiger partial charge on any atom is -0.381 e. The van der Waals surface area contributed by atoms with Gasteiger partial charge in [0.15, 0.2) is 5.16 Å². The van der Waals surface area contributed by atoms with Gasteiger partial charge in [-0.3, -0.25) is 4.57 Å². The summed E-state index contributed by atoms with van der Waals surface area (Å²) in [6.45, 7) is 2.09. The molecule has 124 valence electrons. The summed E-state index contributed by atoms with van der Waals surface area (Å²) in [5, 5.41) is 9.16. The van der Waals surface area contributed by atoms with Crippen molar-refractivity contribution >= 4 is 11.8 Å². The van der Waals surface area contributed by atoms with Crippen LogP contribution >= 0.6 is 11.8 Å². The van der Waals surface area contributed by atoms with E-state index in [2.05, 4.69) is 10.2 Å². The standard InChI is InChI=1S/C16H21FN4OS/c17-13-5-1-2-6-14(13)21-15(7-8-18)19-20-16(21)23-11-12-4-3-9-22-10-12/h1-2,5-6,12H,3-4,7-11,18H2/t12-/m0/s1. The molecule has 23 heavy (non-hydrogen) atoms. The molecule has 0 unspecified atom stereocenters. The van der Waals surface area contributed by atoms with Crippen LogP contribution < -0.4 is 5.73 Å². The third kappa shape index (κ3) is 3.91. The second-order valence-electron chi connectivity index (χ2n) is 5.62. The van der Waals surface area contributed by atoms with Crippen LogP contribution in [0.3, 0.4) is 0 Å². The van der Waals surface area contributed by atoms with Crippen LogP contribution in [0, 0.1) is 11.7 Å². The second-order valence-corrected chi connectivity index (χ2v) is 6.61. The van der Waals surface area contributed by atoms with Crippen molar-refractivity contribution in [1.82, 2.24) is 14.8 Å². The van der Waals surface area contributed by atoms with Gasteiger partial charge in [0.1, 0.15) is 11.6 Å². The Balaban J connectivity index is 1.83. The molecule has 1 aromatic heterocycles. The molecule has 0 saturated carbocycles. The fraction of sp³-hybridized carbons (Fsp3) is 0.500. The maximum atomic E-state index is 14.2. The normalized spacial score (nSPS) is 18.3. The maximum absolute atomic E-state index is 14.2. The minimum absolute atomic E-state index is 0.284. The van der Waals surface area contributed by atoms with E-state index in [1.807, 2.05) is 6.07 Å². The number of thioether (sulfide) groups is 1. The Hall–Kier alpha value is -1.44. The largest absolute Gasteiger partial charge is 0.381 e. The van der Waals surface area contributed by atoms with Gasteiger partial charge in [0.05, 0.1) is 12.3 Å². The Morgan fingerprint density at radius 1 is 1.35 bits per heavy atom. The van der Waals surface area contributed by atoms with Crippen LogP contribution in [0.25, 0.3) is 5.69 Å². The van der Waals surface area contributed by atoms with Crippen molar-refractivity contribution in [3.8, 4) is 5.69 Å². The zero-order valence-corrected chi connectivity index (χ0v) is 13.8. The lowest BCUT2D eigenvalue weighted by Gasteiger charge is -2.21. The van der Waals surface area contributed by atoms with Gasteiger partial charge in [-0.1, -0.05) is 23.9 Å². The summed E-state index contributed by atoms with van der Waals surface area (Å²) in [4.78, 5) is 0. The van der Waals surface area contributed by atoms with E-state index in [-0.39, 0.29) is 5.82 Å². The highest BCUT2D eigenvalue weighted by atomic mass is 32.2. The Kier molecular flexibility index (Phi) is 5.64. The minimum atomic E-state index is -0.284. The highest BCUT2D eigenvalue weighted by Gasteiger charge is 2.19. The molecule has 1 aromatic carbocycles. The molecule has 1 fully saturated rings. The first-order valence-corrected chi connectivity index (χ1v) is 8.88. The van der Waals surface area contributed by atoms with Crippen molar-refractivity contribution in [3.05, 3.63) is 35.9 Å². The van der Waals surface area contributed by atoms with Crippen molar-refractivity contribution < 1.29 is 9.13 Å². The van der Waals surface area contributed by atoms with E-state index in [1.165, 1.54) is 6.07 Å². The molecule has 0 aliphatic carbocycles. The topological polar surface area (TPSA) is 66.0 Å². The molecule has 0 radical (unpaired) electrons. The van der Waals surface area contributed by atoms with Gasteiger partial charge in [0.25, 0.3) is 0 Å². The summed E-state index contributed by atoms with van der Waals surface area (Å²) in [5.41, 5.74) is 6.12. The molecule has 1 saturated heterocycles. The van der Waals surface area contributed by atoms with Crippen LogP contribution in [0.1, 0.15) is 18.7 Å². The first-order chi connectivity index (χ1) is 11.3. The molecular formula is C16H21FN4OS. The number of benzene rings is 1. The van der Waals surface area contributed by atoms with E-state index in [1.54, 1.807) is 28.5 Å². The molecule has 7 heteroatoms. The predicted octanol–water partition coefficient (Wildman–Crippen LogP) is 2.43. The van der Waals surface area contributed by atoms with E-state index < -0.39 is 0 Å². The molecule has 2 aromatic rings. The van der Waals surface area contributed by atoms with Gasteiger partial charge >= 0.3 is 0 Å². The van der Waals surface area contributed by atoms with Gasteiger partial charge in [-0.2, -0.15) is 0 Å². The maximum Gasteiger partial charge on any atom is 0.195 e. The van der Waals surface area contributed by atoms with Gasteiger partial charge in [-0.25, -0.2) is 4.39 Å². The third-order valence-corrected chi connectivity index (χ3v) is 5.02. The number of aromatic nitrogens is 3. The van der Waals surface area contributed by atoms with Gasteiger partial charge < -0.3 is 10.5 Å². The lowest BCUT2D eigenvalue weighted by Crippen LogP contribution is -2.19. The molecule has 0 bridgehead atoms. The summed E-state index contributed by atoms with van der Waals surface area (Å²) in [6.07, 6.45) is 2.83. The van der Waals surface area contributed by atoms with Gasteiger partial charge in [0.2, 0.25) is 0 Å². The number of nitrogens with two attached hydrogens (primary N) is 1. The third-order valence-electron chi connectivity index (χ3n) is 3.86. The number of hydrogen-bond donors (Lipinski definition) is 1. The summed E-state index contributed by atoms with van der Waals surface area (Å²) in [7, 11) is 0. The molecule has 1 aliphatic heterocycles. The number of hydrogen-bond acceptors (Lipinski definition) is 5. The van der Waals surface area contributed by atoms with Crippen molar-refractivity contribution in [2.45, 2.75) is 24.4 Å². The van der Waals surface area contributed by atoms with Crippen molar-refractivity contribution in [2.75, 3.05) is 25.5 Å². The van der Waals surface area contributed by atoms with Gasteiger partial charge in [-0.05, 0) is 37.4 Å². The van der Waals surface area contributed by atoms with Gasteiger partial charge in [0, 0.05) is 18.8 Å². The summed E-state index contributed by atoms with van der Waals surface area (Å²) in [5.74, 6) is 1.82. The molecule has 1 aliphatic rings. The fourth-order valence-corrected chi connectivity index (χ4v) is 3.77. The number of para-hydroxylation sites is 1. The number of rotatable bonds is 6. The SMILES string of the molecule is NCCc1nnc(SC[C@H]2CCCOC2)n1-c1ccccc1F. The van der Waals surface area contributed by atoms with Crippen LogP contribution in [0.15, 0.2) is 29.4 Å². The van der Waals surface area contributed by atoms with E-state index in [4.69, 9.17) is 10.5 Å². The van der Waals surface area contributed by atoms with Crippen molar-refractivity contribution in [1.29, 1.82) is 0 Å². The average molecular weight is 336 g/mol. The molecule has 0 amide bonds. The molecular weight excluding hydrogens is 315 g/mol. The van der Waals surface area contributed by atoms with E-state index in [0.29, 0.717) is 35.6 Å². The monoisotopic (exact) mass is 336 g/mol. The Bertz CT molecular complexity index is 643. The van der Waals surface area contributed by atoms with E-state index in [0.717, 1.165) is 31.8 Å². The van der Waals surface area contributed by atoms with Crippen molar-refractivity contribution in [3.63, 3.8) is 0 Å². The van der Waals surface area contributed by atoms with Crippen LogP contribution in [0.4, 0.5) is 4.39 Å². The molecule has 0 spiro atoms. The second kappa shape index (κ2) is 7.90. The lowest BCUT2D eigenvalue weighted by atomic mass is 10.1. The van der Waals surface area contributed by atoms with Crippen LogP contribution in [0.5, 0.6) is 0 Å². The molecule has 1 atom stereocenters. The molecule has 2 N–H and O–H groups in total. The van der Waals surface area contributed by atoms with Crippen LogP contribution in [-0.2, 0) is 11.2 Å². The zero-order valence-electron chi connectivity index (χ0n) is 12.9. The van der Waals surface area contributed by atoms with Crippen LogP contribution in [-0.4, -0.2) is 40.3 Å². The lowest BCUT2D eigenvalue weighted by molar-refractivity contribution is 0.0632. The zero-order chi connectivity index (χ0) is 16.1. The number of halogens is 1.